The van der Waals surface area contributed by atoms with E-state index in [9.17, 15) is 0 Å². The molecule has 0 unspecified atom stereocenters. The summed E-state index contributed by atoms with van der Waals surface area (Å²) in [4.78, 5) is 2.30. The number of hydrogen-bond donors (Lipinski definition) is 1. The lowest BCUT2D eigenvalue weighted by Gasteiger charge is -2.15. The van der Waals surface area contributed by atoms with Crippen molar-refractivity contribution in [2.75, 3.05) is 46.9 Å². The second kappa shape index (κ2) is 9.71. The number of hydrogen-bond acceptors (Lipinski definition) is 3. The molecule has 1 N–H and O–H groups in total. The molecule has 0 rings (SSSR count). The molecule has 13 heavy (non-hydrogen) atoms. The molecule has 3 heteroatoms. The lowest BCUT2D eigenvalue weighted by atomic mass is 10.4. The first-order valence-electron chi connectivity index (χ1n) is 4.80. The van der Waals surface area contributed by atoms with Gasteiger partial charge in [0.2, 0.25) is 0 Å². The molecule has 0 saturated heterocycles. The molecule has 0 amide bonds. The zero-order chi connectivity index (χ0) is 9.94. The fourth-order valence-corrected chi connectivity index (χ4v) is 1.06. The summed E-state index contributed by atoms with van der Waals surface area (Å²) in [7, 11) is 3.87. The fourth-order valence-electron chi connectivity index (χ4n) is 1.06. The third kappa shape index (κ3) is 9.53. The summed E-state index contributed by atoms with van der Waals surface area (Å²) in [6.07, 6.45) is 2.99. The van der Waals surface area contributed by atoms with Crippen LogP contribution in [0.2, 0.25) is 0 Å². The van der Waals surface area contributed by atoms with Gasteiger partial charge in [0.05, 0.1) is 0 Å². The summed E-state index contributed by atoms with van der Waals surface area (Å²) in [6.45, 7) is 8.60. The van der Waals surface area contributed by atoms with Crippen LogP contribution in [0.15, 0.2) is 12.7 Å². The van der Waals surface area contributed by atoms with Gasteiger partial charge in [0.15, 0.2) is 0 Å². The smallest absolute Gasteiger partial charge is 0.0474 e. The number of nitrogens with zero attached hydrogens (tertiary/aromatic N) is 1. The Labute approximate surface area is 81.8 Å². The second-order valence-corrected chi connectivity index (χ2v) is 3.14. The maximum Gasteiger partial charge on any atom is 0.0474 e. The number of rotatable bonds is 9. The summed E-state index contributed by atoms with van der Waals surface area (Å²) in [5.41, 5.74) is 0. The Morgan fingerprint density at radius 2 is 2.23 bits per heavy atom. The normalized spacial score (nSPS) is 10.7. The van der Waals surface area contributed by atoms with Crippen LogP contribution in [0.3, 0.4) is 0 Å². The molecule has 0 spiro atoms. The molecule has 0 heterocycles. The fraction of sp³-hybridized carbons (Fsp3) is 0.800. The van der Waals surface area contributed by atoms with Gasteiger partial charge in [-0.25, -0.2) is 0 Å². The van der Waals surface area contributed by atoms with Gasteiger partial charge < -0.3 is 15.0 Å². The molecule has 0 aromatic carbocycles. The SMILES string of the molecule is C=CCNCCN(C)CCCOC. The van der Waals surface area contributed by atoms with E-state index in [1.165, 1.54) is 0 Å². The van der Waals surface area contributed by atoms with Crippen LogP contribution in [-0.2, 0) is 4.74 Å². The van der Waals surface area contributed by atoms with Crippen molar-refractivity contribution in [1.29, 1.82) is 0 Å². The molecule has 0 fully saturated rings. The van der Waals surface area contributed by atoms with Crippen molar-refractivity contribution in [3.05, 3.63) is 12.7 Å². The Morgan fingerprint density at radius 3 is 2.85 bits per heavy atom. The van der Waals surface area contributed by atoms with Crippen molar-refractivity contribution < 1.29 is 4.74 Å². The van der Waals surface area contributed by atoms with E-state index in [1.807, 2.05) is 6.08 Å². The number of likely N-dealkylation sites (N-methyl/N-ethyl adjacent to an activating group) is 1. The molecule has 0 aromatic heterocycles. The topological polar surface area (TPSA) is 24.5 Å². The third-order valence-corrected chi connectivity index (χ3v) is 1.85. The van der Waals surface area contributed by atoms with Gasteiger partial charge in [-0.15, -0.1) is 6.58 Å². The average Bonchev–Trinajstić information content (AvgIpc) is 2.13. The van der Waals surface area contributed by atoms with Gasteiger partial charge in [-0.3, -0.25) is 0 Å². The molecular weight excluding hydrogens is 164 g/mol. The van der Waals surface area contributed by atoms with Gasteiger partial charge >= 0.3 is 0 Å². The lowest BCUT2D eigenvalue weighted by Crippen LogP contribution is -2.30. The second-order valence-electron chi connectivity index (χ2n) is 3.14. The molecule has 3 nitrogen and oxygen atoms in total. The summed E-state index contributed by atoms with van der Waals surface area (Å²) >= 11 is 0. The molecule has 0 aliphatic rings. The number of methoxy groups -OCH3 is 1. The van der Waals surface area contributed by atoms with E-state index in [4.69, 9.17) is 4.74 Å². The van der Waals surface area contributed by atoms with Gasteiger partial charge in [-0.05, 0) is 13.5 Å². The van der Waals surface area contributed by atoms with Crippen molar-refractivity contribution in [2.24, 2.45) is 0 Å². The summed E-state index contributed by atoms with van der Waals surface area (Å²) in [5, 5.41) is 3.27. The van der Waals surface area contributed by atoms with Crippen molar-refractivity contribution in [3.8, 4) is 0 Å². The number of ether oxygens (including phenoxy) is 1. The largest absolute Gasteiger partial charge is 0.385 e. The van der Waals surface area contributed by atoms with Crippen LogP contribution in [0.4, 0.5) is 0 Å². The van der Waals surface area contributed by atoms with Crippen LogP contribution in [0, 0.1) is 0 Å². The molecular formula is C10H22N2O. The summed E-state index contributed by atoms with van der Waals surface area (Å²) in [6, 6.07) is 0. The zero-order valence-corrected chi connectivity index (χ0v) is 8.88. The Morgan fingerprint density at radius 1 is 1.46 bits per heavy atom. The van der Waals surface area contributed by atoms with Crippen LogP contribution in [-0.4, -0.2) is 51.8 Å². The molecule has 0 aromatic rings. The predicted octanol–water partition coefficient (Wildman–Crippen LogP) is 0.730. The van der Waals surface area contributed by atoms with Gasteiger partial charge in [-0.2, -0.15) is 0 Å². The maximum atomic E-state index is 4.98. The Kier molecular flexibility index (Phi) is 9.42. The van der Waals surface area contributed by atoms with E-state index in [1.54, 1.807) is 7.11 Å². The van der Waals surface area contributed by atoms with Gasteiger partial charge in [0.1, 0.15) is 0 Å². The minimum absolute atomic E-state index is 0.852. The Bertz CT molecular complexity index is 117. The molecule has 0 aliphatic heterocycles. The van der Waals surface area contributed by atoms with Crippen LogP contribution in [0.25, 0.3) is 0 Å². The van der Waals surface area contributed by atoms with Crippen molar-refractivity contribution >= 4 is 0 Å². The first-order valence-corrected chi connectivity index (χ1v) is 4.80. The summed E-state index contributed by atoms with van der Waals surface area (Å²) in [5.74, 6) is 0. The maximum absolute atomic E-state index is 4.98. The molecule has 0 bridgehead atoms. The van der Waals surface area contributed by atoms with Gasteiger partial charge in [0, 0.05) is 39.9 Å². The summed E-state index contributed by atoms with van der Waals surface area (Å²) < 4.78 is 4.98. The highest BCUT2D eigenvalue weighted by Crippen LogP contribution is 1.86. The molecule has 0 saturated carbocycles. The predicted molar refractivity (Wildman–Crippen MR) is 57.1 cm³/mol. The first-order chi connectivity index (χ1) is 6.31. The van der Waals surface area contributed by atoms with E-state index in [-0.39, 0.29) is 0 Å². The quantitative estimate of drug-likeness (QED) is 0.424. The molecule has 0 radical (unpaired) electrons. The highest BCUT2D eigenvalue weighted by atomic mass is 16.5. The van der Waals surface area contributed by atoms with E-state index in [0.717, 1.165) is 39.2 Å². The zero-order valence-electron chi connectivity index (χ0n) is 8.88. The van der Waals surface area contributed by atoms with Gasteiger partial charge in [-0.1, -0.05) is 6.08 Å². The lowest BCUT2D eigenvalue weighted by molar-refractivity contribution is 0.179. The van der Waals surface area contributed by atoms with Crippen LogP contribution < -0.4 is 5.32 Å². The Balaban J connectivity index is 3.09. The van der Waals surface area contributed by atoms with E-state index >= 15 is 0 Å². The highest BCUT2D eigenvalue weighted by Gasteiger charge is 1.96. The van der Waals surface area contributed by atoms with Gasteiger partial charge in [0.25, 0.3) is 0 Å². The average molecular weight is 186 g/mol. The van der Waals surface area contributed by atoms with E-state index in [0.29, 0.717) is 0 Å². The van der Waals surface area contributed by atoms with Crippen molar-refractivity contribution in [1.82, 2.24) is 10.2 Å². The van der Waals surface area contributed by atoms with Crippen molar-refractivity contribution in [2.45, 2.75) is 6.42 Å². The minimum atomic E-state index is 0.852. The van der Waals surface area contributed by atoms with E-state index in [2.05, 4.69) is 23.8 Å². The highest BCUT2D eigenvalue weighted by molar-refractivity contribution is 4.69. The molecule has 0 aliphatic carbocycles. The Hall–Kier alpha value is -0.380. The monoisotopic (exact) mass is 186 g/mol. The molecule has 0 atom stereocenters. The number of nitrogens with one attached hydrogen (secondary N) is 1. The van der Waals surface area contributed by atoms with Crippen molar-refractivity contribution in [3.63, 3.8) is 0 Å². The molecule has 78 valence electrons. The standard InChI is InChI=1S/C10H22N2O/c1-4-6-11-7-9-12(2)8-5-10-13-3/h4,11H,1,5-10H2,2-3H3. The van der Waals surface area contributed by atoms with Crippen LogP contribution in [0.1, 0.15) is 6.42 Å². The van der Waals surface area contributed by atoms with Crippen LogP contribution in [0.5, 0.6) is 0 Å². The minimum Gasteiger partial charge on any atom is -0.385 e. The first kappa shape index (κ1) is 12.6. The van der Waals surface area contributed by atoms with E-state index < -0.39 is 0 Å². The third-order valence-electron chi connectivity index (χ3n) is 1.85. The van der Waals surface area contributed by atoms with Crippen LogP contribution >= 0.6 is 0 Å².